The first-order valence-corrected chi connectivity index (χ1v) is 7.21. The van der Waals surface area contributed by atoms with Crippen molar-refractivity contribution in [1.82, 2.24) is 4.90 Å². The van der Waals surface area contributed by atoms with Crippen molar-refractivity contribution in [3.05, 3.63) is 35.4 Å². The summed E-state index contributed by atoms with van der Waals surface area (Å²) in [6.07, 6.45) is 2.21. The van der Waals surface area contributed by atoms with E-state index < -0.39 is 0 Å². The molecule has 1 heterocycles. The summed E-state index contributed by atoms with van der Waals surface area (Å²) in [5, 5.41) is 0. The molecule has 1 aromatic carbocycles. The van der Waals surface area contributed by atoms with E-state index in [9.17, 15) is 4.79 Å². The molecule has 1 fully saturated rings. The quantitative estimate of drug-likeness (QED) is 0.932. The Labute approximate surface area is 127 Å². The van der Waals surface area contributed by atoms with Crippen LogP contribution in [0.15, 0.2) is 24.3 Å². The lowest BCUT2D eigenvalue weighted by Gasteiger charge is -2.32. The third kappa shape index (κ3) is 3.97. The minimum Gasteiger partial charge on any atom is -0.338 e. The summed E-state index contributed by atoms with van der Waals surface area (Å²) in [6.45, 7) is 6.67. The van der Waals surface area contributed by atoms with E-state index in [0.29, 0.717) is 18.4 Å². The molecule has 1 unspecified atom stereocenters. The number of carbonyl (C=O) groups excluding carboxylic acids is 1. The molecule has 1 aromatic rings. The van der Waals surface area contributed by atoms with E-state index in [1.54, 1.807) is 0 Å². The SMILES string of the molecule is CC(C)c1ccc(C(=O)N2CCCC(CN)C2)cc1.Cl. The number of amides is 1. The van der Waals surface area contributed by atoms with Crippen LogP contribution < -0.4 is 5.73 Å². The number of likely N-dealkylation sites (tertiary alicyclic amines) is 1. The predicted octanol–water partition coefficient (Wildman–Crippen LogP) is 3.04. The molecule has 2 rings (SSSR count). The Morgan fingerprint density at radius 3 is 2.55 bits per heavy atom. The second-order valence-corrected chi connectivity index (χ2v) is 5.77. The number of hydrogen-bond acceptors (Lipinski definition) is 2. The van der Waals surface area contributed by atoms with Gasteiger partial charge in [0.2, 0.25) is 0 Å². The van der Waals surface area contributed by atoms with Crippen LogP contribution >= 0.6 is 12.4 Å². The van der Waals surface area contributed by atoms with E-state index in [4.69, 9.17) is 5.73 Å². The van der Waals surface area contributed by atoms with Gasteiger partial charge in [0, 0.05) is 18.7 Å². The van der Waals surface area contributed by atoms with Crippen molar-refractivity contribution in [2.75, 3.05) is 19.6 Å². The average molecular weight is 297 g/mol. The second kappa shape index (κ2) is 7.65. The van der Waals surface area contributed by atoms with Crippen LogP contribution in [0.1, 0.15) is 48.5 Å². The number of benzene rings is 1. The van der Waals surface area contributed by atoms with Crippen LogP contribution in [0.2, 0.25) is 0 Å². The van der Waals surface area contributed by atoms with Crippen LogP contribution in [-0.4, -0.2) is 30.4 Å². The fourth-order valence-corrected chi connectivity index (χ4v) is 2.64. The molecule has 4 heteroatoms. The summed E-state index contributed by atoms with van der Waals surface area (Å²) in [6, 6.07) is 8.01. The van der Waals surface area contributed by atoms with Crippen LogP contribution in [0.25, 0.3) is 0 Å². The molecular formula is C16H25ClN2O. The largest absolute Gasteiger partial charge is 0.338 e. The zero-order valence-corrected chi connectivity index (χ0v) is 13.2. The fourth-order valence-electron chi connectivity index (χ4n) is 2.64. The third-order valence-corrected chi connectivity index (χ3v) is 3.96. The maximum Gasteiger partial charge on any atom is 0.253 e. The Balaban J connectivity index is 0.00000200. The number of carbonyl (C=O) groups is 1. The van der Waals surface area contributed by atoms with Crippen molar-refractivity contribution < 1.29 is 4.79 Å². The molecule has 0 aromatic heterocycles. The van der Waals surface area contributed by atoms with E-state index in [-0.39, 0.29) is 18.3 Å². The molecule has 3 nitrogen and oxygen atoms in total. The van der Waals surface area contributed by atoms with Gasteiger partial charge in [0.15, 0.2) is 0 Å². The van der Waals surface area contributed by atoms with Gasteiger partial charge in [0.05, 0.1) is 0 Å². The third-order valence-electron chi connectivity index (χ3n) is 3.96. The van der Waals surface area contributed by atoms with Crippen LogP contribution in [-0.2, 0) is 0 Å². The minimum atomic E-state index is 0. The highest BCUT2D eigenvalue weighted by molar-refractivity contribution is 5.94. The lowest BCUT2D eigenvalue weighted by Crippen LogP contribution is -2.42. The minimum absolute atomic E-state index is 0. The van der Waals surface area contributed by atoms with Gasteiger partial charge in [-0.3, -0.25) is 4.79 Å². The molecule has 1 saturated heterocycles. The van der Waals surface area contributed by atoms with Gasteiger partial charge in [-0.05, 0) is 48.9 Å². The van der Waals surface area contributed by atoms with E-state index in [0.717, 1.165) is 31.5 Å². The number of piperidine rings is 1. The average Bonchev–Trinajstić information content (AvgIpc) is 2.46. The number of rotatable bonds is 3. The highest BCUT2D eigenvalue weighted by atomic mass is 35.5. The molecule has 0 spiro atoms. The standard InChI is InChI=1S/C16H24N2O.ClH/c1-12(2)14-5-7-15(8-6-14)16(19)18-9-3-4-13(10-17)11-18;/h5-8,12-13H,3-4,9-11,17H2,1-2H3;1H. The van der Waals surface area contributed by atoms with Crippen molar-refractivity contribution in [3.63, 3.8) is 0 Å². The van der Waals surface area contributed by atoms with Crippen LogP contribution in [0, 0.1) is 5.92 Å². The van der Waals surface area contributed by atoms with Gasteiger partial charge >= 0.3 is 0 Å². The molecule has 0 aliphatic carbocycles. The molecule has 2 N–H and O–H groups in total. The monoisotopic (exact) mass is 296 g/mol. The van der Waals surface area contributed by atoms with Crippen LogP contribution in [0.4, 0.5) is 0 Å². The van der Waals surface area contributed by atoms with Crippen molar-refractivity contribution in [3.8, 4) is 0 Å². The fraction of sp³-hybridized carbons (Fsp3) is 0.562. The summed E-state index contributed by atoms with van der Waals surface area (Å²) >= 11 is 0. The van der Waals surface area contributed by atoms with Gasteiger partial charge < -0.3 is 10.6 Å². The van der Waals surface area contributed by atoms with Crippen LogP contribution in [0.3, 0.4) is 0 Å². The Morgan fingerprint density at radius 2 is 2.00 bits per heavy atom. The van der Waals surface area contributed by atoms with Gasteiger partial charge in [-0.25, -0.2) is 0 Å². The topological polar surface area (TPSA) is 46.3 Å². The number of halogens is 1. The molecule has 1 aliphatic rings. The summed E-state index contributed by atoms with van der Waals surface area (Å²) in [5.74, 6) is 1.11. The van der Waals surface area contributed by atoms with E-state index >= 15 is 0 Å². The number of nitrogens with two attached hydrogens (primary N) is 1. The summed E-state index contributed by atoms with van der Waals surface area (Å²) in [7, 11) is 0. The van der Waals surface area contributed by atoms with Gasteiger partial charge in [-0.1, -0.05) is 26.0 Å². The molecule has 0 bridgehead atoms. The van der Waals surface area contributed by atoms with Gasteiger partial charge in [-0.2, -0.15) is 0 Å². The second-order valence-electron chi connectivity index (χ2n) is 5.77. The predicted molar refractivity (Wildman–Crippen MR) is 85.5 cm³/mol. The van der Waals surface area contributed by atoms with Gasteiger partial charge in [0.1, 0.15) is 0 Å². The van der Waals surface area contributed by atoms with Crippen molar-refractivity contribution >= 4 is 18.3 Å². The van der Waals surface area contributed by atoms with E-state index in [2.05, 4.69) is 26.0 Å². The normalized spacial score (nSPS) is 18.8. The van der Waals surface area contributed by atoms with Gasteiger partial charge in [-0.15, -0.1) is 12.4 Å². The molecule has 112 valence electrons. The first-order valence-electron chi connectivity index (χ1n) is 7.21. The number of hydrogen-bond donors (Lipinski definition) is 1. The maximum atomic E-state index is 12.4. The Morgan fingerprint density at radius 1 is 1.35 bits per heavy atom. The first kappa shape index (κ1) is 17.0. The molecule has 1 atom stereocenters. The summed E-state index contributed by atoms with van der Waals surface area (Å²) in [4.78, 5) is 14.4. The Bertz CT molecular complexity index is 431. The molecule has 20 heavy (non-hydrogen) atoms. The molecule has 0 radical (unpaired) electrons. The maximum absolute atomic E-state index is 12.4. The highest BCUT2D eigenvalue weighted by Gasteiger charge is 2.23. The molecular weight excluding hydrogens is 272 g/mol. The first-order chi connectivity index (χ1) is 9.11. The van der Waals surface area contributed by atoms with Crippen molar-refractivity contribution in [2.24, 2.45) is 11.7 Å². The summed E-state index contributed by atoms with van der Waals surface area (Å²) < 4.78 is 0. The zero-order chi connectivity index (χ0) is 13.8. The van der Waals surface area contributed by atoms with Gasteiger partial charge in [0.25, 0.3) is 5.91 Å². The van der Waals surface area contributed by atoms with Crippen molar-refractivity contribution in [2.45, 2.75) is 32.6 Å². The van der Waals surface area contributed by atoms with E-state index in [1.807, 2.05) is 17.0 Å². The highest BCUT2D eigenvalue weighted by Crippen LogP contribution is 2.19. The Hall–Kier alpha value is -1.06. The smallest absolute Gasteiger partial charge is 0.253 e. The lowest BCUT2D eigenvalue weighted by molar-refractivity contribution is 0.0678. The van der Waals surface area contributed by atoms with E-state index in [1.165, 1.54) is 5.56 Å². The summed E-state index contributed by atoms with van der Waals surface area (Å²) in [5.41, 5.74) is 7.79. The van der Waals surface area contributed by atoms with Crippen molar-refractivity contribution in [1.29, 1.82) is 0 Å². The molecule has 0 saturated carbocycles. The number of nitrogens with zero attached hydrogens (tertiary/aromatic N) is 1. The molecule has 1 amide bonds. The lowest BCUT2D eigenvalue weighted by atomic mass is 9.97. The zero-order valence-electron chi connectivity index (χ0n) is 12.3. The van der Waals surface area contributed by atoms with Crippen LogP contribution in [0.5, 0.6) is 0 Å². The Kier molecular flexibility index (Phi) is 6.50. The molecule has 1 aliphatic heterocycles.